The molecule has 142 valence electrons. The molecule has 0 aliphatic carbocycles. The van der Waals surface area contributed by atoms with Gasteiger partial charge in [0.15, 0.2) is 5.16 Å². The summed E-state index contributed by atoms with van der Waals surface area (Å²) in [7, 11) is 0. The maximum atomic E-state index is 12.9. The molecule has 2 aromatic rings. The zero-order valence-electron chi connectivity index (χ0n) is 16.1. The van der Waals surface area contributed by atoms with Crippen LogP contribution in [0.5, 0.6) is 0 Å². The SMILES string of the molecule is CCn1c(S[C@H](C)C(=O)N(C(C)C)C(C)C)nc2ccc(Br)cc2c1=O. The molecule has 0 N–H and O–H groups in total. The summed E-state index contributed by atoms with van der Waals surface area (Å²) in [5, 5.41) is 0.841. The Balaban J connectivity index is 2.42. The Morgan fingerprint density at radius 1 is 1.23 bits per heavy atom. The number of aromatic nitrogens is 2. The van der Waals surface area contributed by atoms with E-state index in [1.807, 2.05) is 58.6 Å². The minimum atomic E-state index is -0.322. The Hall–Kier alpha value is -1.34. The van der Waals surface area contributed by atoms with Gasteiger partial charge in [-0.1, -0.05) is 27.7 Å². The molecule has 2 rings (SSSR count). The van der Waals surface area contributed by atoms with Gasteiger partial charge in [-0.25, -0.2) is 4.98 Å². The third-order valence-electron chi connectivity index (χ3n) is 4.19. The molecule has 0 saturated heterocycles. The first kappa shape index (κ1) is 21.0. The molecule has 0 saturated carbocycles. The quantitative estimate of drug-likeness (QED) is 0.496. The number of carbonyl (C=O) groups is 1. The average molecular weight is 440 g/mol. The second-order valence-electron chi connectivity index (χ2n) is 6.80. The van der Waals surface area contributed by atoms with E-state index in [1.165, 1.54) is 11.8 Å². The van der Waals surface area contributed by atoms with Crippen molar-refractivity contribution in [3.05, 3.63) is 33.0 Å². The zero-order chi connectivity index (χ0) is 19.6. The van der Waals surface area contributed by atoms with Crippen molar-refractivity contribution in [1.82, 2.24) is 14.5 Å². The molecule has 7 heteroatoms. The number of thioether (sulfide) groups is 1. The lowest BCUT2D eigenvalue weighted by Gasteiger charge is -2.33. The molecule has 0 bridgehead atoms. The van der Waals surface area contributed by atoms with Crippen molar-refractivity contribution in [2.45, 2.75) is 70.6 Å². The predicted octanol–water partition coefficient (Wildman–Crippen LogP) is 4.30. The van der Waals surface area contributed by atoms with Gasteiger partial charge in [-0.15, -0.1) is 0 Å². The minimum absolute atomic E-state index is 0.0628. The van der Waals surface area contributed by atoms with Crippen molar-refractivity contribution in [2.75, 3.05) is 0 Å². The fourth-order valence-electron chi connectivity index (χ4n) is 3.07. The van der Waals surface area contributed by atoms with E-state index in [1.54, 1.807) is 10.6 Å². The number of amides is 1. The van der Waals surface area contributed by atoms with Gasteiger partial charge in [0, 0.05) is 23.1 Å². The van der Waals surface area contributed by atoms with Gasteiger partial charge < -0.3 is 4.90 Å². The summed E-state index contributed by atoms with van der Waals surface area (Å²) in [5.74, 6) is 0.0628. The Kier molecular flexibility index (Phi) is 6.91. The van der Waals surface area contributed by atoms with Gasteiger partial charge in [-0.05, 0) is 59.7 Å². The third-order valence-corrected chi connectivity index (χ3v) is 5.77. The van der Waals surface area contributed by atoms with Crippen LogP contribution in [-0.2, 0) is 11.3 Å². The van der Waals surface area contributed by atoms with Crippen LogP contribution in [0.2, 0.25) is 0 Å². The van der Waals surface area contributed by atoms with Gasteiger partial charge in [-0.3, -0.25) is 14.2 Å². The van der Waals surface area contributed by atoms with Crippen LogP contribution < -0.4 is 5.56 Å². The van der Waals surface area contributed by atoms with E-state index in [4.69, 9.17) is 0 Å². The molecule has 0 spiro atoms. The summed E-state index contributed by atoms with van der Waals surface area (Å²) in [6.07, 6.45) is 0. The number of hydrogen-bond acceptors (Lipinski definition) is 4. The molecule has 5 nitrogen and oxygen atoms in total. The molecule has 1 heterocycles. The first-order chi connectivity index (χ1) is 12.2. The monoisotopic (exact) mass is 439 g/mol. The molecule has 1 atom stereocenters. The van der Waals surface area contributed by atoms with E-state index in [-0.39, 0.29) is 28.8 Å². The number of fused-ring (bicyclic) bond motifs is 1. The fourth-order valence-corrected chi connectivity index (χ4v) is 4.46. The van der Waals surface area contributed by atoms with Crippen LogP contribution >= 0.6 is 27.7 Å². The zero-order valence-corrected chi connectivity index (χ0v) is 18.5. The molecule has 0 unspecified atom stereocenters. The van der Waals surface area contributed by atoms with Gasteiger partial charge in [-0.2, -0.15) is 0 Å². The van der Waals surface area contributed by atoms with Crippen molar-refractivity contribution in [1.29, 1.82) is 0 Å². The summed E-state index contributed by atoms with van der Waals surface area (Å²) in [6, 6.07) is 5.74. The summed E-state index contributed by atoms with van der Waals surface area (Å²) < 4.78 is 2.48. The Labute approximate surface area is 167 Å². The molecule has 0 aliphatic rings. The Morgan fingerprint density at radius 2 is 1.85 bits per heavy atom. The number of halogens is 1. The molecule has 1 amide bonds. The van der Waals surface area contributed by atoms with Crippen LogP contribution in [-0.4, -0.2) is 37.7 Å². The minimum Gasteiger partial charge on any atom is -0.337 e. The first-order valence-corrected chi connectivity index (χ1v) is 10.5. The second kappa shape index (κ2) is 8.57. The van der Waals surface area contributed by atoms with E-state index in [0.29, 0.717) is 22.6 Å². The van der Waals surface area contributed by atoms with Crippen LogP contribution in [0.25, 0.3) is 10.9 Å². The lowest BCUT2D eigenvalue weighted by Crippen LogP contribution is -2.45. The molecule has 26 heavy (non-hydrogen) atoms. The van der Waals surface area contributed by atoms with E-state index in [2.05, 4.69) is 20.9 Å². The Morgan fingerprint density at radius 3 is 2.38 bits per heavy atom. The van der Waals surface area contributed by atoms with Crippen LogP contribution in [0, 0.1) is 0 Å². The van der Waals surface area contributed by atoms with Crippen molar-refractivity contribution < 1.29 is 4.79 Å². The van der Waals surface area contributed by atoms with Crippen LogP contribution in [0.3, 0.4) is 0 Å². The maximum absolute atomic E-state index is 12.9. The van der Waals surface area contributed by atoms with Gasteiger partial charge in [0.1, 0.15) is 0 Å². The summed E-state index contributed by atoms with van der Waals surface area (Å²) in [6.45, 7) is 12.4. The van der Waals surface area contributed by atoms with Gasteiger partial charge >= 0.3 is 0 Å². The van der Waals surface area contributed by atoms with Gasteiger partial charge in [0.25, 0.3) is 5.56 Å². The second-order valence-corrected chi connectivity index (χ2v) is 9.02. The normalized spacial score (nSPS) is 12.8. The molecule has 0 fully saturated rings. The van der Waals surface area contributed by atoms with Crippen molar-refractivity contribution in [3.8, 4) is 0 Å². The number of benzene rings is 1. The van der Waals surface area contributed by atoms with Crippen molar-refractivity contribution >= 4 is 44.5 Å². The molecular weight excluding hydrogens is 414 g/mol. The van der Waals surface area contributed by atoms with Gasteiger partial charge in [0.2, 0.25) is 5.91 Å². The smallest absolute Gasteiger partial charge is 0.262 e. The number of rotatable bonds is 6. The highest BCUT2D eigenvalue weighted by molar-refractivity contribution is 9.10. The van der Waals surface area contributed by atoms with Crippen molar-refractivity contribution in [2.24, 2.45) is 0 Å². The summed E-state index contributed by atoms with van der Waals surface area (Å²) in [5.41, 5.74) is 0.570. The van der Waals surface area contributed by atoms with E-state index in [9.17, 15) is 9.59 Å². The van der Waals surface area contributed by atoms with Crippen LogP contribution in [0.4, 0.5) is 0 Å². The summed E-state index contributed by atoms with van der Waals surface area (Å²) >= 11 is 4.75. The molecule has 0 aliphatic heterocycles. The molecule has 0 radical (unpaired) electrons. The lowest BCUT2D eigenvalue weighted by atomic mass is 10.2. The number of nitrogens with zero attached hydrogens (tertiary/aromatic N) is 3. The highest BCUT2D eigenvalue weighted by atomic mass is 79.9. The first-order valence-electron chi connectivity index (χ1n) is 8.86. The Bertz CT molecular complexity index is 856. The third kappa shape index (κ3) is 4.31. The lowest BCUT2D eigenvalue weighted by molar-refractivity contribution is -0.133. The predicted molar refractivity (Wildman–Crippen MR) is 112 cm³/mol. The van der Waals surface area contributed by atoms with Crippen LogP contribution in [0.1, 0.15) is 41.5 Å². The van der Waals surface area contributed by atoms with E-state index >= 15 is 0 Å². The van der Waals surface area contributed by atoms with E-state index < -0.39 is 0 Å². The highest BCUT2D eigenvalue weighted by Crippen LogP contribution is 2.26. The maximum Gasteiger partial charge on any atom is 0.262 e. The molecular formula is C19H26BrN3O2S. The number of hydrogen-bond donors (Lipinski definition) is 0. The fraction of sp³-hybridized carbons (Fsp3) is 0.526. The number of carbonyl (C=O) groups excluding carboxylic acids is 1. The van der Waals surface area contributed by atoms with Crippen molar-refractivity contribution in [3.63, 3.8) is 0 Å². The molecule has 1 aromatic carbocycles. The van der Waals surface area contributed by atoms with Crippen LogP contribution in [0.15, 0.2) is 32.6 Å². The summed E-state index contributed by atoms with van der Waals surface area (Å²) in [4.78, 5) is 32.3. The standard InChI is InChI=1S/C19H26BrN3O2S/c1-7-22-18(25)15-10-14(20)8-9-16(15)21-19(22)26-13(6)17(24)23(11(2)3)12(4)5/h8-13H,7H2,1-6H3/t13-/m1/s1. The highest BCUT2D eigenvalue weighted by Gasteiger charge is 2.27. The van der Waals surface area contributed by atoms with Gasteiger partial charge in [0.05, 0.1) is 16.2 Å². The topological polar surface area (TPSA) is 55.2 Å². The van der Waals surface area contributed by atoms with E-state index in [0.717, 1.165) is 4.47 Å². The average Bonchev–Trinajstić information content (AvgIpc) is 2.55. The molecule has 1 aromatic heterocycles. The largest absolute Gasteiger partial charge is 0.337 e.